The van der Waals surface area contributed by atoms with Crippen molar-refractivity contribution in [1.29, 1.82) is 5.41 Å². The normalized spacial score (nSPS) is 11.0. The summed E-state index contributed by atoms with van der Waals surface area (Å²) in [7, 11) is 1.63. The molecule has 10 nitrogen and oxygen atoms in total. The number of carbonyl (C=O) groups is 2. The number of nitrogens with two attached hydrogens (primary N) is 1. The maximum Gasteiger partial charge on any atom is 0.493 e. The molecular weight excluding hydrogens is 483 g/mol. The Morgan fingerprint density at radius 3 is 2.59 bits per heavy atom. The van der Waals surface area contributed by atoms with Gasteiger partial charge in [-0.3, -0.25) is 15.2 Å². The van der Waals surface area contributed by atoms with Gasteiger partial charge in [0.1, 0.15) is 5.75 Å². The number of hydroxylamine groups is 2. The number of hydrogen-bond acceptors (Lipinski definition) is 7. The summed E-state index contributed by atoms with van der Waals surface area (Å²) in [5, 5.41) is 7.22. The highest BCUT2D eigenvalue weighted by atomic mass is 35.5. The van der Waals surface area contributed by atoms with Gasteiger partial charge in [-0.1, -0.05) is 17.7 Å². The van der Waals surface area contributed by atoms with Crippen molar-refractivity contribution in [3.63, 3.8) is 0 Å². The fourth-order valence-corrected chi connectivity index (χ4v) is 2.72. The molecule has 0 bridgehead atoms. The van der Waals surface area contributed by atoms with Gasteiger partial charge in [0.15, 0.2) is 0 Å². The van der Waals surface area contributed by atoms with Crippen molar-refractivity contribution < 1.29 is 37.2 Å². The van der Waals surface area contributed by atoms with Crippen LogP contribution < -0.4 is 10.5 Å². The molecule has 0 unspecified atom stereocenters. The van der Waals surface area contributed by atoms with Crippen LogP contribution in [0.25, 0.3) is 0 Å². The number of hydrogen-bond donors (Lipinski definition) is 2. The van der Waals surface area contributed by atoms with Crippen molar-refractivity contribution in [2.24, 2.45) is 5.73 Å². The summed E-state index contributed by atoms with van der Waals surface area (Å²) in [6.07, 6.45) is -1.91. The Labute approximate surface area is 197 Å². The zero-order chi connectivity index (χ0) is 25.3. The Hall–Kier alpha value is -3.58. The molecule has 0 radical (unpaired) electrons. The number of aromatic nitrogens is 1. The standard InChI is InChI=1S/C20H21ClF3N5O5/c1-28(12-13-4-2-5-27-11-13)17(30)14-8-15(21)10-16(9-14)32-6-3-7-33-29(19(25)26)34-18(31)20(22,23)24/h2,4-5,8-11H,3,6-7,12H2,1H3,(H3,25,26). The van der Waals surface area contributed by atoms with Gasteiger partial charge in [0, 0.05) is 43.0 Å². The Balaban J connectivity index is 1.87. The number of ether oxygens (including phenoxy) is 1. The van der Waals surface area contributed by atoms with Crippen LogP contribution in [0.15, 0.2) is 42.7 Å². The number of nitrogens with zero attached hydrogens (tertiary/aromatic N) is 3. The molecule has 1 amide bonds. The third-order valence-corrected chi connectivity index (χ3v) is 4.19. The van der Waals surface area contributed by atoms with E-state index < -0.39 is 18.1 Å². The first kappa shape index (κ1) is 26.7. The van der Waals surface area contributed by atoms with Gasteiger partial charge in [0.25, 0.3) is 11.9 Å². The van der Waals surface area contributed by atoms with Gasteiger partial charge in [0.05, 0.1) is 13.2 Å². The van der Waals surface area contributed by atoms with Crippen LogP contribution in [-0.4, -0.2) is 59.4 Å². The third kappa shape index (κ3) is 8.41. The van der Waals surface area contributed by atoms with Crippen LogP contribution >= 0.6 is 11.6 Å². The molecule has 1 heterocycles. The lowest BCUT2D eigenvalue weighted by Gasteiger charge is -2.20. The van der Waals surface area contributed by atoms with Gasteiger partial charge in [-0.25, -0.2) is 9.63 Å². The first-order valence-electron chi connectivity index (χ1n) is 9.61. The first-order chi connectivity index (χ1) is 16.0. The van der Waals surface area contributed by atoms with Crippen molar-refractivity contribution in [2.45, 2.75) is 19.1 Å². The monoisotopic (exact) mass is 503 g/mol. The highest BCUT2D eigenvalue weighted by molar-refractivity contribution is 6.31. The first-order valence-corrected chi connectivity index (χ1v) is 9.99. The Morgan fingerprint density at radius 2 is 1.97 bits per heavy atom. The molecule has 0 saturated carbocycles. The highest BCUT2D eigenvalue weighted by Gasteiger charge is 2.43. The number of carbonyl (C=O) groups excluding carboxylic acids is 2. The molecule has 0 aliphatic carbocycles. The molecule has 34 heavy (non-hydrogen) atoms. The molecule has 14 heteroatoms. The Kier molecular flexibility index (Phi) is 9.45. The molecule has 0 saturated heterocycles. The third-order valence-electron chi connectivity index (χ3n) is 3.97. The van der Waals surface area contributed by atoms with Gasteiger partial charge < -0.3 is 20.2 Å². The number of benzene rings is 1. The zero-order valence-electron chi connectivity index (χ0n) is 17.8. The second-order valence-corrected chi connectivity index (χ2v) is 7.19. The maximum absolute atomic E-state index is 12.7. The molecule has 0 fully saturated rings. The van der Waals surface area contributed by atoms with E-state index in [0.29, 0.717) is 6.54 Å². The number of amides is 1. The molecule has 0 spiro atoms. The Bertz CT molecular complexity index is 1010. The lowest BCUT2D eigenvalue weighted by molar-refractivity contribution is -0.317. The SMILES string of the molecule is CN(Cc1cccnc1)C(=O)c1cc(Cl)cc(OCCCON(OC(=O)C(F)(F)F)C(=N)N)c1. The van der Waals surface area contributed by atoms with Gasteiger partial charge in [-0.05, 0) is 35.1 Å². The van der Waals surface area contributed by atoms with Crippen LogP contribution in [0, 0.1) is 5.41 Å². The lowest BCUT2D eigenvalue weighted by Crippen LogP contribution is -2.42. The average molecular weight is 504 g/mol. The van der Waals surface area contributed by atoms with Gasteiger partial charge in [-0.15, -0.1) is 0 Å². The summed E-state index contributed by atoms with van der Waals surface area (Å²) in [4.78, 5) is 37.7. The number of pyridine rings is 1. The minimum Gasteiger partial charge on any atom is -0.493 e. The molecule has 0 atom stereocenters. The van der Waals surface area contributed by atoms with Crippen molar-refractivity contribution in [3.8, 4) is 5.75 Å². The van der Waals surface area contributed by atoms with Crippen molar-refractivity contribution in [3.05, 3.63) is 58.9 Å². The molecule has 184 valence electrons. The quantitative estimate of drug-likeness (QED) is 0.231. The largest absolute Gasteiger partial charge is 0.493 e. The topological polar surface area (TPSA) is 131 Å². The van der Waals surface area contributed by atoms with Crippen LogP contribution in [0.1, 0.15) is 22.3 Å². The van der Waals surface area contributed by atoms with Crippen molar-refractivity contribution >= 4 is 29.4 Å². The van der Waals surface area contributed by atoms with Gasteiger partial charge in [-0.2, -0.15) is 13.2 Å². The molecule has 1 aromatic carbocycles. The number of rotatable bonds is 9. The molecule has 1 aromatic heterocycles. The Morgan fingerprint density at radius 1 is 1.24 bits per heavy atom. The smallest absolute Gasteiger partial charge is 0.493 e. The summed E-state index contributed by atoms with van der Waals surface area (Å²) < 4.78 is 42.3. The van der Waals surface area contributed by atoms with Crippen LogP contribution in [0.2, 0.25) is 5.02 Å². The number of alkyl halides is 3. The van der Waals surface area contributed by atoms with Gasteiger partial charge >= 0.3 is 12.1 Å². The lowest BCUT2D eigenvalue weighted by atomic mass is 10.1. The van der Waals surface area contributed by atoms with E-state index >= 15 is 0 Å². The molecule has 3 N–H and O–H groups in total. The van der Waals surface area contributed by atoms with E-state index in [1.165, 1.54) is 23.1 Å². The van der Waals surface area contributed by atoms with Crippen LogP contribution in [0.4, 0.5) is 13.2 Å². The average Bonchev–Trinajstić information content (AvgIpc) is 2.76. The minimum absolute atomic E-state index is 0.00153. The van der Waals surface area contributed by atoms with Crippen LogP contribution in [0.5, 0.6) is 5.75 Å². The second kappa shape index (κ2) is 12.0. The predicted octanol–water partition coefficient (Wildman–Crippen LogP) is 2.92. The van der Waals surface area contributed by atoms with Gasteiger partial charge in [0.2, 0.25) is 0 Å². The van der Waals surface area contributed by atoms with E-state index in [9.17, 15) is 22.8 Å². The van der Waals surface area contributed by atoms with Crippen LogP contribution in [-0.2, 0) is 21.0 Å². The van der Waals surface area contributed by atoms with E-state index in [1.807, 2.05) is 6.07 Å². The van der Waals surface area contributed by atoms with E-state index in [-0.39, 0.29) is 47.1 Å². The van der Waals surface area contributed by atoms with Crippen molar-refractivity contribution in [2.75, 3.05) is 20.3 Å². The molecule has 0 aliphatic heterocycles. The fraction of sp³-hybridized carbons (Fsp3) is 0.300. The van der Waals surface area contributed by atoms with Crippen LogP contribution in [0.3, 0.4) is 0 Å². The summed E-state index contributed by atoms with van der Waals surface area (Å²) in [6, 6.07) is 8.05. The predicted molar refractivity (Wildman–Crippen MR) is 113 cm³/mol. The number of guanidine groups is 1. The summed E-state index contributed by atoms with van der Waals surface area (Å²) in [5.41, 5.74) is 6.15. The maximum atomic E-state index is 12.7. The molecule has 2 aromatic rings. The summed E-state index contributed by atoms with van der Waals surface area (Å²) >= 11 is 6.09. The molecule has 0 aliphatic rings. The van der Waals surface area contributed by atoms with E-state index in [4.69, 9.17) is 32.3 Å². The summed E-state index contributed by atoms with van der Waals surface area (Å²) in [6.45, 7) is 0.0294. The number of nitrogens with one attached hydrogen (secondary N) is 1. The summed E-state index contributed by atoms with van der Waals surface area (Å²) in [5.74, 6) is -3.68. The number of halogens is 4. The van der Waals surface area contributed by atoms with E-state index in [1.54, 1.807) is 25.5 Å². The fourth-order valence-electron chi connectivity index (χ4n) is 2.50. The second-order valence-electron chi connectivity index (χ2n) is 6.75. The van der Waals surface area contributed by atoms with Crippen molar-refractivity contribution in [1.82, 2.24) is 15.1 Å². The molecule has 2 rings (SSSR count). The minimum atomic E-state index is -5.28. The zero-order valence-corrected chi connectivity index (χ0v) is 18.6. The van der Waals surface area contributed by atoms with E-state index in [2.05, 4.69) is 9.82 Å². The van der Waals surface area contributed by atoms with E-state index in [0.717, 1.165) is 5.56 Å². The highest BCUT2D eigenvalue weighted by Crippen LogP contribution is 2.23. The molecular formula is C20H21ClF3N5O5.